The van der Waals surface area contributed by atoms with Gasteiger partial charge in [0.2, 0.25) is 15.9 Å². The number of amides is 1. The lowest BCUT2D eigenvalue weighted by Crippen LogP contribution is -2.15. The average molecular weight is 439 g/mol. The molecule has 0 saturated heterocycles. The number of anilines is 1. The lowest BCUT2D eigenvalue weighted by molar-refractivity contribution is -0.113. The largest absolute Gasteiger partial charge is 0.325 e. The zero-order valence-corrected chi connectivity index (χ0v) is 17.4. The lowest BCUT2D eigenvalue weighted by Gasteiger charge is -2.09. The summed E-state index contributed by atoms with van der Waals surface area (Å²) in [6.07, 6.45) is 0. The van der Waals surface area contributed by atoms with E-state index in [0.717, 1.165) is 16.7 Å². The fourth-order valence-electron chi connectivity index (χ4n) is 2.98. The van der Waals surface area contributed by atoms with Crippen LogP contribution in [0.1, 0.15) is 0 Å². The molecular formula is C21H18N4O3S2. The van der Waals surface area contributed by atoms with Gasteiger partial charge in [-0.2, -0.15) is 0 Å². The first kappa shape index (κ1) is 20.1. The molecule has 0 atom stereocenters. The van der Waals surface area contributed by atoms with E-state index in [9.17, 15) is 13.2 Å². The number of thioether (sulfide) groups is 1. The van der Waals surface area contributed by atoms with Crippen molar-refractivity contribution in [3.63, 3.8) is 0 Å². The van der Waals surface area contributed by atoms with Crippen molar-refractivity contribution in [3.8, 4) is 5.69 Å². The van der Waals surface area contributed by atoms with Crippen LogP contribution in [0.15, 0.2) is 88.9 Å². The molecule has 0 unspecified atom stereocenters. The van der Waals surface area contributed by atoms with E-state index in [4.69, 9.17) is 5.14 Å². The molecule has 0 aliphatic heterocycles. The van der Waals surface area contributed by atoms with E-state index >= 15 is 0 Å². The topological polar surface area (TPSA) is 107 Å². The van der Waals surface area contributed by atoms with Gasteiger partial charge in [-0.3, -0.25) is 9.36 Å². The molecule has 0 saturated carbocycles. The van der Waals surface area contributed by atoms with E-state index in [-0.39, 0.29) is 16.6 Å². The van der Waals surface area contributed by atoms with Crippen molar-refractivity contribution < 1.29 is 13.2 Å². The fraction of sp³-hybridized carbons (Fsp3) is 0.0476. The van der Waals surface area contributed by atoms with Crippen LogP contribution in [0.5, 0.6) is 0 Å². The number of fused-ring (bicyclic) bond motifs is 1. The zero-order chi connectivity index (χ0) is 21.1. The van der Waals surface area contributed by atoms with Crippen molar-refractivity contribution in [1.29, 1.82) is 0 Å². The lowest BCUT2D eigenvalue weighted by atomic mass is 10.3. The zero-order valence-electron chi connectivity index (χ0n) is 15.7. The van der Waals surface area contributed by atoms with Crippen LogP contribution in [-0.4, -0.2) is 29.6 Å². The monoisotopic (exact) mass is 438 g/mol. The van der Waals surface area contributed by atoms with Gasteiger partial charge in [-0.05, 0) is 48.5 Å². The van der Waals surface area contributed by atoms with Gasteiger partial charge in [0.15, 0.2) is 5.16 Å². The summed E-state index contributed by atoms with van der Waals surface area (Å²) >= 11 is 1.33. The second kappa shape index (κ2) is 8.31. The number of nitrogens with two attached hydrogens (primary N) is 1. The second-order valence-electron chi connectivity index (χ2n) is 6.46. The first-order valence-corrected chi connectivity index (χ1v) is 11.5. The summed E-state index contributed by atoms with van der Waals surface area (Å²) in [5, 5.41) is 8.55. The van der Waals surface area contributed by atoms with Gasteiger partial charge in [-0.25, -0.2) is 18.5 Å². The Morgan fingerprint density at radius 1 is 0.967 bits per heavy atom. The first-order chi connectivity index (χ1) is 14.4. The third-order valence-corrected chi connectivity index (χ3v) is 6.21. The molecule has 4 rings (SSSR count). The van der Waals surface area contributed by atoms with Gasteiger partial charge in [-0.1, -0.05) is 42.1 Å². The number of benzene rings is 3. The molecule has 152 valence electrons. The molecule has 1 aromatic heterocycles. The van der Waals surface area contributed by atoms with Crippen LogP contribution in [0.4, 0.5) is 5.69 Å². The highest BCUT2D eigenvalue weighted by Crippen LogP contribution is 2.28. The van der Waals surface area contributed by atoms with Gasteiger partial charge in [0.25, 0.3) is 0 Å². The number of rotatable bonds is 6. The number of hydrogen-bond acceptors (Lipinski definition) is 5. The molecule has 3 aromatic carbocycles. The minimum absolute atomic E-state index is 0.00791. The minimum atomic E-state index is -3.77. The predicted octanol–water partition coefficient (Wildman–Crippen LogP) is 3.40. The van der Waals surface area contributed by atoms with Gasteiger partial charge < -0.3 is 5.32 Å². The number of nitrogens with zero attached hydrogens (tertiary/aromatic N) is 2. The first-order valence-electron chi connectivity index (χ1n) is 9.00. The maximum absolute atomic E-state index is 12.4. The number of primary sulfonamides is 1. The number of aromatic nitrogens is 2. The standard InChI is InChI=1S/C21H18N4O3S2/c22-30(27,28)17-12-10-15(11-13-17)23-20(26)14-29-21-24-18-8-4-5-9-19(18)25(21)16-6-2-1-3-7-16/h1-13H,14H2,(H,23,26)(H2,22,27,28). The molecule has 7 nitrogen and oxygen atoms in total. The Labute approximate surface area is 178 Å². The van der Waals surface area contributed by atoms with Crippen LogP contribution < -0.4 is 10.5 Å². The molecule has 0 bridgehead atoms. The molecule has 0 fully saturated rings. The van der Waals surface area contributed by atoms with Gasteiger partial charge in [0, 0.05) is 11.4 Å². The fourth-order valence-corrected chi connectivity index (χ4v) is 4.33. The molecule has 30 heavy (non-hydrogen) atoms. The number of sulfonamides is 1. The molecular weight excluding hydrogens is 420 g/mol. The number of nitrogens with one attached hydrogen (secondary N) is 1. The van der Waals surface area contributed by atoms with Gasteiger partial charge in [0.05, 0.1) is 21.7 Å². The van der Waals surface area contributed by atoms with Crippen molar-refractivity contribution in [2.24, 2.45) is 5.14 Å². The maximum atomic E-state index is 12.4. The summed E-state index contributed by atoms with van der Waals surface area (Å²) in [4.78, 5) is 17.1. The summed E-state index contributed by atoms with van der Waals surface area (Å²) < 4.78 is 24.7. The average Bonchev–Trinajstić information content (AvgIpc) is 3.11. The summed E-state index contributed by atoms with van der Waals surface area (Å²) in [7, 11) is -3.77. The molecule has 3 N–H and O–H groups in total. The Hall–Kier alpha value is -3.14. The van der Waals surface area contributed by atoms with E-state index < -0.39 is 10.0 Å². The number of carbonyl (C=O) groups excluding carboxylic acids is 1. The minimum Gasteiger partial charge on any atom is -0.325 e. The molecule has 4 aromatic rings. The third kappa shape index (κ3) is 4.38. The Bertz CT molecular complexity index is 1300. The van der Waals surface area contributed by atoms with Gasteiger partial charge in [-0.15, -0.1) is 0 Å². The Kier molecular flexibility index (Phi) is 5.58. The van der Waals surface area contributed by atoms with E-state index in [0.29, 0.717) is 10.8 Å². The highest BCUT2D eigenvalue weighted by molar-refractivity contribution is 7.99. The molecule has 1 heterocycles. The van der Waals surface area contributed by atoms with Crippen molar-refractivity contribution in [2.45, 2.75) is 10.1 Å². The number of carbonyl (C=O) groups is 1. The van der Waals surface area contributed by atoms with Crippen molar-refractivity contribution in [1.82, 2.24) is 9.55 Å². The summed E-state index contributed by atoms with van der Waals surface area (Å²) in [5.74, 6) is -0.0809. The maximum Gasteiger partial charge on any atom is 0.238 e. The molecule has 0 spiro atoms. The van der Waals surface area contributed by atoms with Crippen molar-refractivity contribution in [2.75, 3.05) is 11.1 Å². The normalized spacial score (nSPS) is 11.5. The smallest absolute Gasteiger partial charge is 0.238 e. The van der Waals surface area contributed by atoms with Crippen LogP contribution in [-0.2, 0) is 14.8 Å². The number of imidazole rings is 1. The Balaban J connectivity index is 1.52. The van der Waals surface area contributed by atoms with Crippen molar-refractivity contribution >= 4 is 44.4 Å². The molecule has 9 heteroatoms. The Morgan fingerprint density at radius 2 is 1.63 bits per heavy atom. The Morgan fingerprint density at radius 3 is 2.33 bits per heavy atom. The third-order valence-electron chi connectivity index (χ3n) is 4.34. The van der Waals surface area contributed by atoms with E-state index in [2.05, 4.69) is 10.3 Å². The number of hydrogen-bond donors (Lipinski definition) is 2. The van der Waals surface area contributed by atoms with Crippen molar-refractivity contribution in [3.05, 3.63) is 78.9 Å². The van der Waals surface area contributed by atoms with Gasteiger partial charge in [0.1, 0.15) is 0 Å². The van der Waals surface area contributed by atoms with Crippen LogP contribution in [0.2, 0.25) is 0 Å². The highest BCUT2D eigenvalue weighted by Gasteiger charge is 2.14. The van der Waals surface area contributed by atoms with E-state index in [1.165, 1.54) is 36.0 Å². The molecule has 0 radical (unpaired) electrons. The van der Waals surface area contributed by atoms with E-state index in [1.807, 2.05) is 59.2 Å². The predicted molar refractivity (Wildman–Crippen MR) is 118 cm³/mol. The van der Waals surface area contributed by atoms with Crippen LogP contribution in [0, 0.1) is 0 Å². The van der Waals surface area contributed by atoms with E-state index in [1.54, 1.807) is 0 Å². The second-order valence-corrected chi connectivity index (χ2v) is 8.96. The van der Waals surface area contributed by atoms with Crippen LogP contribution in [0.25, 0.3) is 16.7 Å². The summed E-state index contributed by atoms with van der Waals surface area (Å²) in [5.41, 5.74) is 3.27. The molecule has 0 aliphatic rings. The summed E-state index contributed by atoms with van der Waals surface area (Å²) in [6, 6.07) is 23.4. The quantitative estimate of drug-likeness (QED) is 0.449. The summed E-state index contributed by atoms with van der Waals surface area (Å²) in [6.45, 7) is 0. The molecule has 1 amide bonds. The van der Waals surface area contributed by atoms with Gasteiger partial charge >= 0.3 is 0 Å². The highest BCUT2D eigenvalue weighted by atomic mass is 32.2. The molecule has 0 aliphatic carbocycles. The SMILES string of the molecule is NS(=O)(=O)c1ccc(NC(=O)CSc2nc3ccccc3n2-c2ccccc2)cc1. The number of para-hydroxylation sites is 3. The van der Waals surface area contributed by atoms with Crippen LogP contribution >= 0.6 is 11.8 Å². The van der Waals surface area contributed by atoms with Crippen LogP contribution in [0.3, 0.4) is 0 Å².